The number of guanidine groups is 1. The molecule has 0 heterocycles. The molecule has 11 heteroatoms. The van der Waals surface area contributed by atoms with Crippen LogP contribution in [0.4, 0.5) is 13.2 Å². The molecule has 0 radical (unpaired) electrons. The maximum absolute atomic E-state index is 12.3. The van der Waals surface area contributed by atoms with E-state index in [2.05, 4.69) is 20.3 Å². The van der Waals surface area contributed by atoms with Crippen molar-refractivity contribution in [1.82, 2.24) is 15.4 Å². The first kappa shape index (κ1) is 25.9. The number of hydrogen-bond acceptors (Lipinski definition) is 3. The van der Waals surface area contributed by atoms with E-state index in [1.807, 2.05) is 6.07 Å². The number of benzene rings is 1. The van der Waals surface area contributed by atoms with Crippen LogP contribution in [0.3, 0.4) is 0 Å². The van der Waals surface area contributed by atoms with Gasteiger partial charge in [0.05, 0.1) is 17.9 Å². The fraction of sp³-hybridized carbons (Fsp3) is 0.562. The van der Waals surface area contributed by atoms with E-state index in [9.17, 15) is 21.6 Å². The molecule has 156 valence electrons. The van der Waals surface area contributed by atoms with Crippen LogP contribution >= 0.6 is 24.0 Å². The number of hydrogen-bond donors (Lipinski definition) is 3. The van der Waals surface area contributed by atoms with Crippen molar-refractivity contribution >= 4 is 40.0 Å². The summed E-state index contributed by atoms with van der Waals surface area (Å²) in [6.07, 6.45) is -5.27. The van der Waals surface area contributed by atoms with Gasteiger partial charge in [0.1, 0.15) is 0 Å². The van der Waals surface area contributed by atoms with E-state index < -0.39 is 29.2 Å². The number of aryl methyl sites for hydroxylation is 2. The molecule has 0 saturated heterocycles. The highest BCUT2D eigenvalue weighted by atomic mass is 127. The van der Waals surface area contributed by atoms with E-state index in [-0.39, 0.29) is 47.9 Å². The summed E-state index contributed by atoms with van der Waals surface area (Å²) < 4.78 is 63.7. The van der Waals surface area contributed by atoms with Crippen molar-refractivity contribution in [1.29, 1.82) is 0 Å². The van der Waals surface area contributed by atoms with Crippen molar-refractivity contribution < 1.29 is 21.6 Å². The van der Waals surface area contributed by atoms with E-state index in [1.54, 1.807) is 32.9 Å². The third kappa shape index (κ3) is 10.1. The number of halogens is 4. The summed E-state index contributed by atoms with van der Waals surface area (Å²) in [6, 6.07) is 5.16. The fourth-order valence-corrected chi connectivity index (χ4v) is 3.44. The van der Waals surface area contributed by atoms with Crippen molar-refractivity contribution in [2.45, 2.75) is 38.3 Å². The smallest absolute Gasteiger partial charge is 0.357 e. The Bertz CT molecular complexity index is 725. The largest absolute Gasteiger partial charge is 0.390 e. The van der Waals surface area contributed by atoms with Gasteiger partial charge in [-0.2, -0.15) is 13.2 Å². The van der Waals surface area contributed by atoms with Gasteiger partial charge in [-0.25, -0.2) is 13.1 Å². The fourth-order valence-electron chi connectivity index (χ4n) is 2.08. The minimum Gasteiger partial charge on any atom is -0.357 e. The van der Waals surface area contributed by atoms with Crippen LogP contribution in [-0.4, -0.2) is 46.7 Å². The van der Waals surface area contributed by atoms with Crippen molar-refractivity contribution in [3.05, 3.63) is 29.3 Å². The van der Waals surface area contributed by atoms with Gasteiger partial charge in [-0.3, -0.25) is 4.99 Å². The van der Waals surface area contributed by atoms with E-state index in [0.717, 1.165) is 5.56 Å². The second-order valence-corrected chi connectivity index (χ2v) is 7.45. The summed E-state index contributed by atoms with van der Waals surface area (Å²) in [4.78, 5) is 4.03. The van der Waals surface area contributed by atoms with Crippen LogP contribution in [0, 0.1) is 13.8 Å². The van der Waals surface area contributed by atoms with Crippen molar-refractivity contribution in [2.24, 2.45) is 4.99 Å². The van der Waals surface area contributed by atoms with Gasteiger partial charge >= 0.3 is 6.18 Å². The lowest BCUT2D eigenvalue weighted by molar-refractivity contribution is -0.132. The van der Waals surface area contributed by atoms with Crippen LogP contribution in [0.1, 0.15) is 24.5 Å². The van der Waals surface area contributed by atoms with E-state index in [0.29, 0.717) is 12.1 Å². The molecule has 27 heavy (non-hydrogen) atoms. The van der Waals surface area contributed by atoms with Gasteiger partial charge in [0.15, 0.2) is 5.96 Å². The first-order chi connectivity index (χ1) is 12.0. The van der Waals surface area contributed by atoms with Crippen LogP contribution in [0.2, 0.25) is 0 Å². The molecule has 0 spiro atoms. The highest BCUT2D eigenvalue weighted by molar-refractivity contribution is 14.0. The zero-order valence-electron chi connectivity index (χ0n) is 15.5. The molecule has 0 aromatic heterocycles. The van der Waals surface area contributed by atoms with Gasteiger partial charge in [0.25, 0.3) is 0 Å². The normalized spacial score (nSPS) is 12.4. The highest BCUT2D eigenvalue weighted by Crippen LogP contribution is 2.19. The van der Waals surface area contributed by atoms with Gasteiger partial charge in [-0.1, -0.05) is 12.1 Å². The molecule has 0 atom stereocenters. The molecule has 6 nitrogen and oxygen atoms in total. The van der Waals surface area contributed by atoms with Crippen LogP contribution in [0.5, 0.6) is 0 Å². The number of rotatable bonds is 8. The predicted molar refractivity (Wildman–Crippen MR) is 111 cm³/mol. The molecule has 0 saturated carbocycles. The Labute approximate surface area is 175 Å². The lowest BCUT2D eigenvalue weighted by Crippen LogP contribution is -2.41. The summed E-state index contributed by atoms with van der Waals surface area (Å²) >= 11 is 0. The van der Waals surface area contributed by atoms with Gasteiger partial charge in [-0.05, 0) is 38.0 Å². The molecule has 1 aromatic carbocycles. The predicted octanol–water partition coefficient (Wildman–Crippen LogP) is 2.71. The van der Waals surface area contributed by atoms with E-state index in [4.69, 9.17) is 0 Å². The Hall–Kier alpha value is -1.08. The third-order valence-corrected chi connectivity index (χ3v) is 4.96. The Kier molecular flexibility index (Phi) is 11.2. The maximum Gasteiger partial charge on any atom is 0.390 e. The van der Waals surface area contributed by atoms with Gasteiger partial charge < -0.3 is 10.6 Å². The van der Waals surface area contributed by atoms with Gasteiger partial charge in [0, 0.05) is 19.6 Å². The standard InChI is InChI=1S/C16H25F3N4O2S.HI/c1-4-20-15(21-8-7-16(17,18)19)22-9-10-23-26(24,25)14-11-12(2)5-6-13(14)3;/h5-6,11,23H,4,7-10H2,1-3H3,(H2,20,21,22);1H. The molecule has 0 aliphatic carbocycles. The first-order valence-corrected chi connectivity index (χ1v) is 9.69. The first-order valence-electron chi connectivity index (χ1n) is 8.21. The molecule has 1 aromatic rings. The number of aliphatic imine (C=N–C) groups is 1. The summed E-state index contributed by atoms with van der Waals surface area (Å²) in [5.74, 6) is 0.211. The van der Waals surface area contributed by atoms with Crippen LogP contribution in [-0.2, 0) is 10.0 Å². The third-order valence-electron chi connectivity index (χ3n) is 3.35. The highest BCUT2D eigenvalue weighted by Gasteiger charge is 2.26. The quantitative estimate of drug-likeness (QED) is 0.212. The Morgan fingerprint density at radius 1 is 1.15 bits per heavy atom. The average Bonchev–Trinajstić information content (AvgIpc) is 2.52. The van der Waals surface area contributed by atoms with Crippen molar-refractivity contribution in [3.63, 3.8) is 0 Å². The Morgan fingerprint density at radius 2 is 1.81 bits per heavy atom. The molecule has 0 unspecified atom stereocenters. The molecule has 3 N–H and O–H groups in total. The minimum atomic E-state index is -4.26. The summed E-state index contributed by atoms with van der Waals surface area (Å²) in [5.41, 5.74) is 1.47. The summed E-state index contributed by atoms with van der Waals surface area (Å²) in [5, 5.41) is 5.61. The summed E-state index contributed by atoms with van der Waals surface area (Å²) in [6.45, 7) is 5.63. The van der Waals surface area contributed by atoms with Crippen molar-refractivity contribution in [3.8, 4) is 0 Å². The monoisotopic (exact) mass is 522 g/mol. The lowest BCUT2D eigenvalue weighted by atomic mass is 10.2. The second kappa shape index (κ2) is 11.7. The van der Waals surface area contributed by atoms with E-state index in [1.165, 1.54) is 0 Å². The zero-order chi connectivity index (χ0) is 19.8. The summed E-state index contributed by atoms with van der Waals surface area (Å²) in [7, 11) is -3.66. The van der Waals surface area contributed by atoms with E-state index >= 15 is 0 Å². The maximum atomic E-state index is 12.3. The second-order valence-electron chi connectivity index (χ2n) is 5.72. The molecule has 0 aliphatic rings. The molecule has 0 fully saturated rings. The SMILES string of the molecule is CCNC(=NCCC(F)(F)F)NCCNS(=O)(=O)c1cc(C)ccc1C.I. The topological polar surface area (TPSA) is 82.6 Å². The number of nitrogens with one attached hydrogen (secondary N) is 3. The van der Waals surface area contributed by atoms with Gasteiger partial charge in [0.2, 0.25) is 10.0 Å². The zero-order valence-corrected chi connectivity index (χ0v) is 18.6. The van der Waals surface area contributed by atoms with Gasteiger partial charge in [-0.15, -0.1) is 24.0 Å². The Morgan fingerprint density at radius 3 is 2.41 bits per heavy atom. The molecule has 0 bridgehead atoms. The molecular formula is C16H26F3IN4O2S. The lowest BCUT2D eigenvalue weighted by Gasteiger charge is -2.13. The van der Waals surface area contributed by atoms with Crippen molar-refractivity contribution in [2.75, 3.05) is 26.2 Å². The number of nitrogens with zero attached hydrogens (tertiary/aromatic N) is 1. The minimum absolute atomic E-state index is 0. The Balaban J connectivity index is 0.00000676. The van der Waals surface area contributed by atoms with Crippen LogP contribution in [0.25, 0.3) is 0 Å². The van der Waals surface area contributed by atoms with Crippen LogP contribution in [0.15, 0.2) is 28.1 Å². The average molecular weight is 522 g/mol. The number of sulfonamides is 1. The van der Waals surface area contributed by atoms with Crippen LogP contribution < -0.4 is 15.4 Å². The molecule has 1 rings (SSSR count). The number of alkyl halides is 3. The molecular weight excluding hydrogens is 496 g/mol. The molecule has 0 amide bonds. The molecule has 0 aliphatic heterocycles.